The first-order valence-corrected chi connectivity index (χ1v) is 7.26. The maximum Gasteiger partial charge on any atom is 0.264 e. The topological polar surface area (TPSA) is 92.5 Å². The Kier molecular flexibility index (Phi) is 3.87. The second kappa shape index (κ2) is 6.00. The lowest BCUT2D eigenvalue weighted by Gasteiger charge is -2.15. The van der Waals surface area contributed by atoms with Crippen molar-refractivity contribution in [3.63, 3.8) is 0 Å². The fourth-order valence-corrected chi connectivity index (χ4v) is 2.77. The molecule has 24 heavy (non-hydrogen) atoms. The molecule has 0 radical (unpaired) electrons. The Hall–Kier alpha value is -3.41. The lowest BCUT2D eigenvalue weighted by atomic mass is 9.97. The summed E-state index contributed by atoms with van der Waals surface area (Å²) in [6.45, 7) is 3.84. The van der Waals surface area contributed by atoms with Crippen molar-refractivity contribution in [1.82, 2.24) is 4.90 Å². The molecule has 0 unspecified atom stereocenters. The summed E-state index contributed by atoms with van der Waals surface area (Å²) in [5.74, 6) is -1.00. The number of nitrogens with two attached hydrogens (primary N) is 1. The van der Waals surface area contributed by atoms with E-state index in [1.165, 1.54) is 4.90 Å². The molecule has 3 amide bonds. The second-order valence-corrected chi connectivity index (χ2v) is 5.37. The summed E-state index contributed by atoms with van der Waals surface area (Å²) in [5, 5.41) is 2.57. The third-order valence-corrected chi connectivity index (χ3v) is 4.00. The number of carbonyl (C=O) groups excluding carboxylic acids is 3. The minimum absolute atomic E-state index is 0.0207. The Bertz CT molecular complexity index is 856. The van der Waals surface area contributed by atoms with E-state index in [0.29, 0.717) is 17.7 Å². The van der Waals surface area contributed by atoms with Gasteiger partial charge in [-0.3, -0.25) is 19.3 Å². The summed E-state index contributed by atoms with van der Waals surface area (Å²) in [4.78, 5) is 35.6. The summed E-state index contributed by atoms with van der Waals surface area (Å²) < 4.78 is 0. The van der Waals surface area contributed by atoms with Gasteiger partial charge in [0.15, 0.2) is 0 Å². The molecule has 3 N–H and O–H groups in total. The Labute approximate surface area is 138 Å². The summed E-state index contributed by atoms with van der Waals surface area (Å²) >= 11 is 0. The molecule has 1 heterocycles. The van der Waals surface area contributed by atoms with E-state index in [9.17, 15) is 14.4 Å². The molecule has 120 valence electrons. The standard InChI is InChI=1S/C18H15N3O3/c1-11(17(19)23)21-9-16-14(3-2-4-15(16)18(21)24)12-5-7-13(8-6-12)20-10-22/h2-8,10H,1,9H2,(H2,19,23)(H,20,22). The molecule has 0 bridgehead atoms. The van der Waals surface area contributed by atoms with Gasteiger partial charge < -0.3 is 11.1 Å². The molecule has 1 aliphatic rings. The van der Waals surface area contributed by atoms with E-state index in [1.54, 1.807) is 24.3 Å². The van der Waals surface area contributed by atoms with Crippen LogP contribution >= 0.6 is 0 Å². The quantitative estimate of drug-likeness (QED) is 0.650. The van der Waals surface area contributed by atoms with Crippen molar-refractivity contribution < 1.29 is 14.4 Å². The molecular weight excluding hydrogens is 306 g/mol. The Morgan fingerprint density at radius 3 is 2.46 bits per heavy atom. The van der Waals surface area contributed by atoms with E-state index >= 15 is 0 Å². The molecule has 3 rings (SSSR count). The van der Waals surface area contributed by atoms with Gasteiger partial charge in [0.25, 0.3) is 11.8 Å². The maximum absolute atomic E-state index is 12.5. The fraction of sp³-hybridized carbons (Fsp3) is 0.0556. The summed E-state index contributed by atoms with van der Waals surface area (Å²) in [6, 6.07) is 12.7. The molecule has 6 heteroatoms. The van der Waals surface area contributed by atoms with Gasteiger partial charge in [-0.25, -0.2) is 0 Å². The van der Waals surface area contributed by atoms with Crippen LogP contribution in [0.25, 0.3) is 11.1 Å². The number of amides is 3. The normalized spacial score (nSPS) is 12.7. The average molecular weight is 321 g/mol. The SMILES string of the molecule is C=C(C(N)=O)N1Cc2c(cccc2-c2ccc(NC=O)cc2)C1=O. The van der Waals surface area contributed by atoms with Crippen LogP contribution in [0.4, 0.5) is 5.69 Å². The van der Waals surface area contributed by atoms with Gasteiger partial charge in [-0.2, -0.15) is 0 Å². The van der Waals surface area contributed by atoms with Gasteiger partial charge in [0, 0.05) is 11.3 Å². The molecule has 1 aliphatic heterocycles. The predicted molar refractivity (Wildman–Crippen MR) is 89.8 cm³/mol. The summed E-state index contributed by atoms with van der Waals surface area (Å²) in [5.41, 5.74) is 9.05. The van der Waals surface area contributed by atoms with Crippen LogP contribution in [0.2, 0.25) is 0 Å². The number of hydrogen-bond acceptors (Lipinski definition) is 3. The minimum atomic E-state index is -0.720. The lowest BCUT2D eigenvalue weighted by molar-refractivity contribution is -0.115. The number of benzene rings is 2. The second-order valence-electron chi connectivity index (χ2n) is 5.37. The molecule has 2 aromatic rings. The smallest absolute Gasteiger partial charge is 0.264 e. The zero-order valence-electron chi connectivity index (χ0n) is 12.8. The third kappa shape index (κ3) is 2.54. The van der Waals surface area contributed by atoms with Crippen LogP contribution in [-0.2, 0) is 16.1 Å². The zero-order valence-corrected chi connectivity index (χ0v) is 12.8. The summed E-state index contributed by atoms with van der Waals surface area (Å²) in [7, 11) is 0. The average Bonchev–Trinajstić information content (AvgIpc) is 2.92. The fourth-order valence-electron chi connectivity index (χ4n) is 2.77. The van der Waals surface area contributed by atoms with Crippen LogP contribution in [0.5, 0.6) is 0 Å². The van der Waals surface area contributed by atoms with E-state index < -0.39 is 5.91 Å². The molecule has 0 spiro atoms. The van der Waals surface area contributed by atoms with Crippen molar-refractivity contribution in [2.24, 2.45) is 5.73 Å². The van der Waals surface area contributed by atoms with Crippen LogP contribution in [0.1, 0.15) is 15.9 Å². The van der Waals surface area contributed by atoms with Gasteiger partial charge in [0.2, 0.25) is 6.41 Å². The van der Waals surface area contributed by atoms with Gasteiger partial charge in [-0.05, 0) is 34.9 Å². The van der Waals surface area contributed by atoms with E-state index in [4.69, 9.17) is 5.73 Å². The van der Waals surface area contributed by atoms with Crippen molar-refractivity contribution in [2.75, 3.05) is 5.32 Å². The Morgan fingerprint density at radius 1 is 1.17 bits per heavy atom. The van der Waals surface area contributed by atoms with Crippen molar-refractivity contribution in [3.8, 4) is 11.1 Å². The van der Waals surface area contributed by atoms with E-state index in [1.807, 2.05) is 18.2 Å². The molecule has 0 aromatic heterocycles. The third-order valence-electron chi connectivity index (χ3n) is 4.00. The highest BCUT2D eigenvalue weighted by Gasteiger charge is 2.32. The Morgan fingerprint density at radius 2 is 1.83 bits per heavy atom. The summed E-state index contributed by atoms with van der Waals surface area (Å²) in [6.07, 6.45) is 0.612. The first-order chi connectivity index (χ1) is 11.5. The van der Waals surface area contributed by atoms with Crippen molar-refractivity contribution in [2.45, 2.75) is 6.54 Å². The molecule has 0 aliphatic carbocycles. The number of anilines is 1. The molecule has 6 nitrogen and oxygen atoms in total. The minimum Gasteiger partial charge on any atom is -0.364 e. The van der Waals surface area contributed by atoms with E-state index in [0.717, 1.165) is 16.7 Å². The van der Waals surface area contributed by atoms with Crippen molar-refractivity contribution in [1.29, 1.82) is 0 Å². The first kappa shape index (κ1) is 15.5. The number of hydrogen-bond donors (Lipinski definition) is 2. The molecule has 2 aromatic carbocycles. The number of rotatable bonds is 5. The van der Waals surface area contributed by atoms with Crippen molar-refractivity contribution in [3.05, 3.63) is 65.9 Å². The van der Waals surface area contributed by atoms with Gasteiger partial charge in [-0.1, -0.05) is 30.8 Å². The molecule has 0 saturated heterocycles. The van der Waals surface area contributed by atoms with Crippen LogP contribution < -0.4 is 11.1 Å². The number of fused-ring (bicyclic) bond motifs is 1. The van der Waals surface area contributed by atoms with Crippen LogP contribution in [0.3, 0.4) is 0 Å². The van der Waals surface area contributed by atoms with E-state index in [-0.39, 0.29) is 18.1 Å². The number of primary amides is 1. The molecular formula is C18H15N3O3. The van der Waals surface area contributed by atoms with Crippen LogP contribution in [0, 0.1) is 0 Å². The molecule has 0 saturated carbocycles. The van der Waals surface area contributed by atoms with Crippen molar-refractivity contribution >= 4 is 23.9 Å². The lowest BCUT2D eigenvalue weighted by Crippen LogP contribution is -2.30. The predicted octanol–water partition coefficient (Wildman–Crippen LogP) is 1.88. The Balaban J connectivity index is 2.00. The largest absolute Gasteiger partial charge is 0.364 e. The van der Waals surface area contributed by atoms with Crippen LogP contribution in [-0.4, -0.2) is 23.1 Å². The van der Waals surface area contributed by atoms with Gasteiger partial charge in [-0.15, -0.1) is 0 Å². The monoisotopic (exact) mass is 321 g/mol. The zero-order chi connectivity index (χ0) is 17.3. The maximum atomic E-state index is 12.5. The van der Waals surface area contributed by atoms with Gasteiger partial charge >= 0.3 is 0 Å². The number of nitrogens with zero attached hydrogens (tertiary/aromatic N) is 1. The van der Waals surface area contributed by atoms with Gasteiger partial charge in [0.05, 0.1) is 6.54 Å². The highest BCUT2D eigenvalue weighted by Crippen LogP contribution is 2.34. The van der Waals surface area contributed by atoms with Gasteiger partial charge in [0.1, 0.15) is 5.70 Å². The van der Waals surface area contributed by atoms with Crippen LogP contribution in [0.15, 0.2) is 54.7 Å². The highest BCUT2D eigenvalue weighted by molar-refractivity contribution is 6.06. The molecule has 0 atom stereocenters. The first-order valence-electron chi connectivity index (χ1n) is 7.26. The van der Waals surface area contributed by atoms with E-state index in [2.05, 4.69) is 11.9 Å². The highest BCUT2D eigenvalue weighted by atomic mass is 16.2. The molecule has 0 fully saturated rings. The number of carbonyl (C=O) groups is 3. The number of nitrogens with one attached hydrogen (secondary N) is 1.